The molecule has 3 aromatic rings. The third kappa shape index (κ3) is 3.42. The van der Waals surface area contributed by atoms with Gasteiger partial charge in [0.15, 0.2) is 0 Å². The number of hydrogen-bond acceptors (Lipinski definition) is 7. The quantitative estimate of drug-likeness (QED) is 0.672. The first kappa shape index (κ1) is 18.3. The zero-order valence-electron chi connectivity index (χ0n) is 15.8. The number of thiophene rings is 1. The van der Waals surface area contributed by atoms with Crippen LogP contribution in [-0.4, -0.2) is 40.3 Å². The number of rotatable bonds is 5. The maximum atomic E-state index is 12.9. The van der Waals surface area contributed by atoms with Crippen LogP contribution in [0.3, 0.4) is 0 Å². The summed E-state index contributed by atoms with van der Waals surface area (Å²) in [5, 5.41) is 22.2. The molecule has 2 fully saturated rings. The van der Waals surface area contributed by atoms with Crippen molar-refractivity contribution in [2.24, 2.45) is 0 Å². The van der Waals surface area contributed by atoms with Crippen LogP contribution in [-0.2, 0) is 5.54 Å². The first-order valence-electron chi connectivity index (χ1n) is 9.82. The number of nitrogens with one attached hydrogen (secondary N) is 1. The highest BCUT2D eigenvalue weighted by atomic mass is 32.1. The summed E-state index contributed by atoms with van der Waals surface area (Å²) in [5.41, 5.74) is 0.620. The fraction of sp³-hybridized carbons (Fsp3) is 0.381. The van der Waals surface area contributed by atoms with Crippen molar-refractivity contribution in [1.29, 1.82) is 0 Å². The Morgan fingerprint density at radius 3 is 2.79 bits per heavy atom. The fourth-order valence-corrected chi connectivity index (χ4v) is 4.56. The number of carbonyl (C=O) groups is 1. The van der Waals surface area contributed by atoms with Crippen LogP contribution in [0.2, 0.25) is 0 Å². The first-order valence-corrected chi connectivity index (χ1v) is 10.8. The highest BCUT2D eigenvalue weighted by molar-refractivity contribution is 7.08. The van der Waals surface area contributed by atoms with Crippen LogP contribution < -0.4 is 10.2 Å². The summed E-state index contributed by atoms with van der Waals surface area (Å²) in [6.45, 7) is 0.905. The van der Waals surface area contributed by atoms with E-state index >= 15 is 0 Å². The van der Waals surface area contributed by atoms with Gasteiger partial charge in [-0.1, -0.05) is 30.3 Å². The molecule has 5 rings (SSSR count). The molecule has 1 amide bonds. The molecule has 0 bridgehead atoms. The molecule has 1 aromatic carbocycles. The number of benzene rings is 1. The van der Waals surface area contributed by atoms with Gasteiger partial charge in [0.2, 0.25) is 5.89 Å². The lowest BCUT2D eigenvalue weighted by atomic mass is 9.78. The normalized spacial score (nSPS) is 24.4. The van der Waals surface area contributed by atoms with Crippen molar-refractivity contribution in [3.63, 3.8) is 0 Å². The lowest BCUT2D eigenvalue weighted by molar-refractivity contribution is 0.0362. The second-order valence-corrected chi connectivity index (χ2v) is 8.50. The Morgan fingerprint density at radius 2 is 2.10 bits per heavy atom. The van der Waals surface area contributed by atoms with Gasteiger partial charge in [0, 0.05) is 24.4 Å². The maximum absolute atomic E-state index is 12.9. The lowest BCUT2D eigenvalue weighted by Crippen LogP contribution is -2.62. The summed E-state index contributed by atoms with van der Waals surface area (Å²) < 4.78 is 5.37. The summed E-state index contributed by atoms with van der Waals surface area (Å²) in [7, 11) is 0. The number of nitrogens with zero attached hydrogens (tertiary/aromatic N) is 3. The highest BCUT2D eigenvalue weighted by Gasteiger charge is 2.46. The van der Waals surface area contributed by atoms with E-state index in [1.165, 1.54) is 11.3 Å². The summed E-state index contributed by atoms with van der Waals surface area (Å²) in [6.07, 6.45) is 1.89. The van der Waals surface area contributed by atoms with Gasteiger partial charge in [-0.05, 0) is 41.4 Å². The minimum absolute atomic E-state index is 0.182. The lowest BCUT2D eigenvalue weighted by Gasteiger charge is -2.46. The molecule has 0 spiro atoms. The van der Waals surface area contributed by atoms with E-state index in [1.54, 1.807) is 6.07 Å². The molecule has 2 aliphatic rings. The molecule has 2 aromatic heterocycles. The minimum Gasteiger partial charge on any atom is -0.388 e. The standard InChI is InChI=1S/C21H22N4O3S/c26-17-12-25(20-22-19(28-24-20)14-6-7-14)10-9-21(17,16-4-2-1-3-5-16)23-18(27)15-8-11-29-13-15/h1-5,8,11,13-14,17,26H,6-7,9-10,12H2,(H,23,27)/t17-,21+/m1/s1. The first-order chi connectivity index (χ1) is 14.2. The van der Waals surface area contributed by atoms with E-state index in [1.807, 2.05) is 46.0 Å². The summed E-state index contributed by atoms with van der Waals surface area (Å²) >= 11 is 1.47. The molecule has 1 aliphatic carbocycles. The van der Waals surface area contributed by atoms with E-state index in [-0.39, 0.29) is 5.91 Å². The second kappa shape index (κ2) is 7.27. The van der Waals surface area contributed by atoms with E-state index in [0.717, 1.165) is 18.4 Å². The van der Waals surface area contributed by atoms with Gasteiger partial charge in [0.25, 0.3) is 11.9 Å². The highest BCUT2D eigenvalue weighted by Crippen LogP contribution is 2.40. The molecule has 8 heteroatoms. The van der Waals surface area contributed by atoms with Crippen molar-refractivity contribution in [2.45, 2.75) is 36.8 Å². The third-order valence-corrected chi connectivity index (χ3v) is 6.47. The topological polar surface area (TPSA) is 91.5 Å². The van der Waals surface area contributed by atoms with E-state index in [4.69, 9.17) is 4.52 Å². The van der Waals surface area contributed by atoms with E-state index in [2.05, 4.69) is 15.5 Å². The molecule has 150 valence electrons. The van der Waals surface area contributed by atoms with Gasteiger partial charge in [0.05, 0.1) is 17.2 Å². The third-order valence-electron chi connectivity index (χ3n) is 5.79. The maximum Gasteiger partial charge on any atom is 0.266 e. The van der Waals surface area contributed by atoms with Crippen LogP contribution in [0.15, 0.2) is 51.7 Å². The van der Waals surface area contributed by atoms with Crippen molar-refractivity contribution in [3.05, 3.63) is 64.2 Å². The van der Waals surface area contributed by atoms with Crippen molar-refractivity contribution in [3.8, 4) is 0 Å². The predicted molar refractivity (Wildman–Crippen MR) is 109 cm³/mol. The fourth-order valence-electron chi connectivity index (χ4n) is 3.93. The molecule has 2 atom stereocenters. The zero-order valence-corrected chi connectivity index (χ0v) is 16.6. The Labute approximate surface area is 172 Å². The summed E-state index contributed by atoms with van der Waals surface area (Å²) in [6, 6.07) is 11.5. The summed E-state index contributed by atoms with van der Waals surface area (Å²) in [4.78, 5) is 19.3. The SMILES string of the molecule is O=C(N[C@]1(c2ccccc2)CCN(c2noc(C3CC3)n2)C[C@H]1O)c1ccsc1. The molecule has 1 aliphatic heterocycles. The number of piperidine rings is 1. The van der Waals surface area contributed by atoms with Gasteiger partial charge in [-0.15, -0.1) is 0 Å². The average molecular weight is 410 g/mol. The van der Waals surface area contributed by atoms with Crippen molar-refractivity contribution >= 4 is 23.2 Å². The Balaban J connectivity index is 1.41. The van der Waals surface area contributed by atoms with Gasteiger partial charge in [-0.3, -0.25) is 4.79 Å². The molecule has 1 saturated carbocycles. The predicted octanol–water partition coefficient (Wildman–Crippen LogP) is 2.91. The zero-order chi connectivity index (χ0) is 19.8. The number of aliphatic hydroxyl groups excluding tert-OH is 1. The smallest absolute Gasteiger partial charge is 0.266 e. The monoisotopic (exact) mass is 410 g/mol. The molecule has 3 heterocycles. The molecule has 29 heavy (non-hydrogen) atoms. The van der Waals surface area contributed by atoms with Crippen molar-refractivity contribution < 1.29 is 14.4 Å². The van der Waals surface area contributed by atoms with Crippen LogP contribution in [0.1, 0.15) is 47.0 Å². The second-order valence-electron chi connectivity index (χ2n) is 7.72. The Hall–Kier alpha value is -2.71. The molecule has 0 unspecified atom stereocenters. The van der Waals surface area contributed by atoms with Gasteiger partial charge in [-0.25, -0.2) is 0 Å². The van der Waals surface area contributed by atoms with Gasteiger partial charge >= 0.3 is 0 Å². The molecular formula is C21H22N4O3S. The number of anilines is 1. The van der Waals surface area contributed by atoms with Crippen LogP contribution >= 0.6 is 11.3 Å². The average Bonchev–Trinajstić information content (AvgIpc) is 3.24. The molecular weight excluding hydrogens is 388 g/mol. The molecule has 2 N–H and O–H groups in total. The van der Waals surface area contributed by atoms with Crippen LogP contribution in [0.4, 0.5) is 5.95 Å². The number of β-amino-alcohol motifs (C(OH)–C–C–N with tert-alkyl or cyclic N) is 1. The van der Waals surface area contributed by atoms with Crippen LogP contribution in [0.25, 0.3) is 0 Å². The number of amides is 1. The molecule has 1 saturated heterocycles. The van der Waals surface area contributed by atoms with E-state index in [9.17, 15) is 9.90 Å². The minimum atomic E-state index is -0.875. The van der Waals surface area contributed by atoms with Crippen LogP contribution in [0, 0.1) is 0 Å². The van der Waals surface area contributed by atoms with Gasteiger partial charge in [0.1, 0.15) is 0 Å². The van der Waals surface area contributed by atoms with Crippen molar-refractivity contribution in [1.82, 2.24) is 15.5 Å². The molecule has 0 radical (unpaired) electrons. The number of carbonyl (C=O) groups excluding carboxylic acids is 1. The number of hydrogen-bond donors (Lipinski definition) is 2. The largest absolute Gasteiger partial charge is 0.388 e. The Morgan fingerprint density at radius 1 is 1.28 bits per heavy atom. The van der Waals surface area contributed by atoms with E-state index in [0.29, 0.717) is 42.8 Å². The van der Waals surface area contributed by atoms with Gasteiger partial charge in [-0.2, -0.15) is 16.3 Å². The van der Waals surface area contributed by atoms with Gasteiger partial charge < -0.3 is 19.8 Å². The van der Waals surface area contributed by atoms with Crippen LogP contribution in [0.5, 0.6) is 0 Å². The Kier molecular flexibility index (Phi) is 4.60. The number of aliphatic hydroxyl groups is 1. The summed E-state index contributed by atoms with van der Waals surface area (Å²) in [5.74, 6) is 1.40. The number of aromatic nitrogens is 2. The van der Waals surface area contributed by atoms with E-state index < -0.39 is 11.6 Å². The Bertz CT molecular complexity index is 987. The van der Waals surface area contributed by atoms with Crippen molar-refractivity contribution in [2.75, 3.05) is 18.0 Å². The molecule has 7 nitrogen and oxygen atoms in total.